The normalized spacial score (nSPS) is 10.4. The van der Waals surface area contributed by atoms with E-state index < -0.39 is 0 Å². The number of ether oxygens (including phenoxy) is 1. The van der Waals surface area contributed by atoms with E-state index in [4.69, 9.17) is 4.74 Å². The Balaban J connectivity index is 2.07. The molecule has 2 aromatic rings. The third kappa shape index (κ3) is 2.36. The SMILES string of the molecule is COc1cccnc1CSc1nccn1C. The predicted octanol–water partition coefficient (Wildman–Crippen LogP) is 2.12. The molecule has 0 unspecified atom stereocenters. The summed E-state index contributed by atoms with van der Waals surface area (Å²) in [7, 11) is 3.64. The van der Waals surface area contributed by atoms with Crippen LogP contribution in [-0.4, -0.2) is 21.6 Å². The van der Waals surface area contributed by atoms with E-state index in [0.717, 1.165) is 22.4 Å². The molecular weight excluding hydrogens is 222 g/mol. The summed E-state index contributed by atoms with van der Waals surface area (Å²) >= 11 is 1.65. The Morgan fingerprint density at radius 2 is 2.25 bits per heavy atom. The number of methoxy groups -OCH3 is 1. The fraction of sp³-hybridized carbons (Fsp3) is 0.273. The molecule has 0 bridgehead atoms. The Hall–Kier alpha value is -1.49. The summed E-state index contributed by atoms with van der Waals surface area (Å²) in [5.74, 6) is 1.58. The molecule has 0 saturated heterocycles. The van der Waals surface area contributed by atoms with Crippen molar-refractivity contribution in [2.75, 3.05) is 7.11 Å². The van der Waals surface area contributed by atoms with Gasteiger partial charge in [-0.25, -0.2) is 4.98 Å². The highest BCUT2D eigenvalue weighted by Crippen LogP contribution is 2.24. The first-order valence-corrected chi connectivity index (χ1v) is 5.88. The topological polar surface area (TPSA) is 39.9 Å². The maximum Gasteiger partial charge on any atom is 0.168 e. The zero-order chi connectivity index (χ0) is 11.4. The van der Waals surface area contributed by atoms with Gasteiger partial charge in [-0.1, -0.05) is 11.8 Å². The van der Waals surface area contributed by atoms with E-state index in [0.29, 0.717) is 0 Å². The summed E-state index contributed by atoms with van der Waals surface area (Å²) in [5, 5.41) is 0.979. The zero-order valence-corrected chi connectivity index (χ0v) is 10.1. The molecule has 0 aliphatic carbocycles. The Labute approximate surface area is 98.7 Å². The van der Waals surface area contributed by atoms with E-state index in [1.54, 1.807) is 31.3 Å². The molecule has 0 aliphatic rings. The maximum atomic E-state index is 5.24. The fourth-order valence-electron chi connectivity index (χ4n) is 1.34. The van der Waals surface area contributed by atoms with Crippen molar-refractivity contribution in [1.29, 1.82) is 0 Å². The first-order chi connectivity index (χ1) is 7.81. The molecule has 0 aliphatic heterocycles. The number of hydrogen-bond acceptors (Lipinski definition) is 4. The van der Waals surface area contributed by atoms with Gasteiger partial charge in [-0.05, 0) is 12.1 Å². The molecule has 4 nitrogen and oxygen atoms in total. The first-order valence-electron chi connectivity index (χ1n) is 4.89. The number of pyridine rings is 1. The lowest BCUT2D eigenvalue weighted by Gasteiger charge is -2.06. The van der Waals surface area contributed by atoms with E-state index >= 15 is 0 Å². The molecule has 0 spiro atoms. The molecule has 84 valence electrons. The van der Waals surface area contributed by atoms with E-state index in [2.05, 4.69) is 9.97 Å². The lowest BCUT2D eigenvalue weighted by molar-refractivity contribution is 0.409. The Kier molecular flexibility index (Phi) is 3.46. The molecule has 0 amide bonds. The van der Waals surface area contributed by atoms with Crippen molar-refractivity contribution < 1.29 is 4.74 Å². The van der Waals surface area contributed by atoms with Gasteiger partial charge in [-0.15, -0.1) is 0 Å². The van der Waals surface area contributed by atoms with Crippen LogP contribution in [0.15, 0.2) is 35.9 Å². The van der Waals surface area contributed by atoms with Crippen LogP contribution in [-0.2, 0) is 12.8 Å². The van der Waals surface area contributed by atoms with Gasteiger partial charge >= 0.3 is 0 Å². The van der Waals surface area contributed by atoms with Crippen molar-refractivity contribution in [2.24, 2.45) is 7.05 Å². The van der Waals surface area contributed by atoms with Gasteiger partial charge in [0.15, 0.2) is 5.16 Å². The van der Waals surface area contributed by atoms with Crippen LogP contribution in [0.1, 0.15) is 5.69 Å². The largest absolute Gasteiger partial charge is 0.495 e. The fourth-order valence-corrected chi connectivity index (χ4v) is 2.22. The number of thioether (sulfide) groups is 1. The highest BCUT2D eigenvalue weighted by Gasteiger charge is 2.06. The van der Waals surface area contributed by atoms with Crippen LogP contribution in [0.4, 0.5) is 0 Å². The number of nitrogens with zero attached hydrogens (tertiary/aromatic N) is 3. The molecule has 0 atom stereocenters. The molecular formula is C11H13N3OS. The van der Waals surface area contributed by atoms with Gasteiger partial charge in [-0.2, -0.15) is 0 Å². The number of imidazole rings is 1. The summed E-state index contributed by atoms with van der Waals surface area (Å²) in [6.45, 7) is 0. The minimum atomic E-state index is 0.759. The number of hydrogen-bond donors (Lipinski definition) is 0. The van der Waals surface area contributed by atoms with Gasteiger partial charge < -0.3 is 9.30 Å². The molecule has 0 N–H and O–H groups in total. The molecule has 2 aromatic heterocycles. The average Bonchev–Trinajstić information content (AvgIpc) is 2.72. The molecule has 0 fully saturated rings. The standard InChI is InChI=1S/C11H13N3OS/c1-14-7-6-13-11(14)16-8-9-10(15-2)4-3-5-12-9/h3-7H,8H2,1-2H3. The second-order valence-corrected chi connectivity index (χ2v) is 4.20. The van der Waals surface area contributed by atoms with Gasteiger partial charge in [0.1, 0.15) is 5.75 Å². The van der Waals surface area contributed by atoms with Crippen LogP contribution >= 0.6 is 11.8 Å². The molecule has 0 saturated carbocycles. The molecule has 0 radical (unpaired) electrons. The summed E-state index contributed by atoms with van der Waals surface area (Å²) < 4.78 is 7.23. The third-order valence-electron chi connectivity index (χ3n) is 2.18. The number of aryl methyl sites for hydroxylation is 1. The quantitative estimate of drug-likeness (QED) is 0.761. The van der Waals surface area contributed by atoms with E-state index in [1.165, 1.54) is 0 Å². The number of rotatable bonds is 4. The molecule has 5 heteroatoms. The van der Waals surface area contributed by atoms with E-state index in [-0.39, 0.29) is 0 Å². The van der Waals surface area contributed by atoms with Gasteiger partial charge in [0, 0.05) is 31.4 Å². The monoisotopic (exact) mass is 235 g/mol. The van der Waals surface area contributed by atoms with Crippen LogP contribution in [0, 0.1) is 0 Å². The van der Waals surface area contributed by atoms with Gasteiger partial charge in [0.2, 0.25) is 0 Å². The van der Waals surface area contributed by atoms with Crippen molar-refractivity contribution >= 4 is 11.8 Å². The van der Waals surface area contributed by atoms with Crippen LogP contribution < -0.4 is 4.74 Å². The van der Waals surface area contributed by atoms with Crippen molar-refractivity contribution in [3.63, 3.8) is 0 Å². The van der Waals surface area contributed by atoms with Gasteiger partial charge in [-0.3, -0.25) is 4.98 Å². The minimum absolute atomic E-state index is 0.759. The highest BCUT2D eigenvalue weighted by molar-refractivity contribution is 7.98. The van der Waals surface area contributed by atoms with Crippen molar-refractivity contribution in [2.45, 2.75) is 10.9 Å². The van der Waals surface area contributed by atoms with E-state index in [9.17, 15) is 0 Å². The van der Waals surface area contributed by atoms with Crippen LogP contribution in [0.25, 0.3) is 0 Å². The first kappa shape index (κ1) is 11.0. The second-order valence-electron chi connectivity index (χ2n) is 3.26. The summed E-state index contributed by atoms with van der Waals surface area (Å²) in [6, 6.07) is 3.79. The van der Waals surface area contributed by atoms with Crippen LogP contribution in [0.2, 0.25) is 0 Å². The van der Waals surface area contributed by atoms with Gasteiger partial charge in [0.25, 0.3) is 0 Å². The van der Waals surface area contributed by atoms with Crippen molar-refractivity contribution in [1.82, 2.24) is 14.5 Å². The summed E-state index contributed by atoms with van der Waals surface area (Å²) in [5.41, 5.74) is 0.943. The lowest BCUT2D eigenvalue weighted by Crippen LogP contribution is -1.95. The van der Waals surface area contributed by atoms with Crippen LogP contribution in [0.5, 0.6) is 5.75 Å². The Morgan fingerprint density at radius 1 is 1.38 bits per heavy atom. The van der Waals surface area contributed by atoms with Crippen molar-refractivity contribution in [3.05, 3.63) is 36.4 Å². The summed E-state index contributed by atoms with van der Waals surface area (Å²) in [6.07, 6.45) is 5.49. The predicted molar refractivity (Wildman–Crippen MR) is 63.6 cm³/mol. The van der Waals surface area contributed by atoms with Crippen molar-refractivity contribution in [3.8, 4) is 5.75 Å². The Morgan fingerprint density at radius 3 is 2.94 bits per heavy atom. The highest BCUT2D eigenvalue weighted by atomic mass is 32.2. The molecule has 16 heavy (non-hydrogen) atoms. The maximum absolute atomic E-state index is 5.24. The van der Waals surface area contributed by atoms with Crippen LogP contribution in [0.3, 0.4) is 0 Å². The second kappa shape index (κ2) is 5.03. The smallest absolute Gasteiger partial charge is 0.168 e. The average molecular weight is 235 g/mol. The third-order valence-corrected chi connectivity index (χ3v) is 3.25. The van der Waals surface area contributed by atoms with Gasteiger partial charge in [0.05, 0.1) is 12.8 Å². The zero-order valence-electron chi connectivity index (χ0n) is 9.25. The lowest BCUT2D eigenvalue weighted by atomic mass is 10.3. The Bertz CT molecular complexity index is 470. The summed E-state index contributed by atoms with van der Waals surface area (Å²) in [4.78, 5) is 8.54. The van der Waals surface area contributed by atoms with E-state index in [1.807, 2.05) is 29.9 Å². The molecule has 2 rings (SSSR count). The molecule has 2 heterocycles. The number of aromatic nitrogens is 3. The minimum Gasteiger partial charge on any atom is -0.495 e. The molecule has 0 aromatic carbocycles.